The normalized spacial score (nSPS) is 17.6. The van der Waals surface area contributed by atoms with Crippen LogP contribution in [0, 0.1) is 12.8 Å². The predicted molar refractivity (Wildman–Crippen MR) is 99.2 cm³/mol. The van der Waals surface area contributed by atoms with Gasteiger partial charge in [-0.1, -0.05) is 19.0 Å². The molecule has 7 heteroatoms. The van der Waals surface area contributed by atoms with Crippen molar-refractivity contribution in [3.63, 3.8) is 0 Å². The number of hydrogen-bond acceptors (Lipinski definition) is 6. The van der Waals surface area contributed by atoms with Gasteiger partial charge in [-0.2, -0.15) is 0 Å². The van der Waals surface area contributed by atoms with Gasteiger partial charge in [-0.3, -0.25) is 9.78 Å². The highest BCUT2D eigenvalue weighted by Crippen LogP contribution is 2.27. The smallest absolute Gasteiger partial charge is 0.259 e. The lowest BCUT2D eigenvalue weighted by Crippen LogP contribution is -2.41. The van der Waals surface area contributed by atoms with Gasteiger partial charge in [-0.05, 0) is 38.0 Å². The Morgan fingerprint density at radius 3 is 2.88 bits per heavy atom. The first kappa shape index (κ1) is 18.4. The van der Waals surface area contributed by atoms with Gasteiger partial charge in [0.2, 0.25) is 0 Å². The van der Waals surface area contributed by atoms with E-state index in [4.69, 9.17) is 4.52 Å². The van der Waals surface area contributed by atoms with E-state index in [1.54, 1.807) is 12.4 Å². The Morgan fingerprint density at radius 2 is 2.15 bits per heavy atom. The number of likely N-dealkylation sites (tertiary alicyclic amines) is 1. The highest BCUT2D eigenvalue weighted by Gasteiger charge is 2.30. The molecule has 26 heavy (non-hydrogen) atoms. The van der Waals surface area contributed by atoms with E-state index in [0.717, 1.165) is 49.6 Å². The molecule has 2 aromatic heterocycles. The summed E-state index contributed by atoms with van der Waals surface area (Å²) in [4.78, 5) is 23.8. The molecule has 1 amide bonds. The molecule has 3 rings (SSSR count). The SMILES string of the molecule is CNc1nccnc1CC1CCCN(C(=O)c2c(C(C)C)noc2C)C1. The Bertz CT molecular complexity index is 771. The molecular weight excluding hydrogens is 330 g/mol. The minimum atomic E-state index is 0.0325. The molecule has 1 fully saturated rings. The van der Waals surface area contributed by atoms with E-state index >= 15 is 0 Å². The second kappa shape index (κ2) is 7.85. The molecule has 140 valence electrons. The van der Waals surface area contributed by atoms with E-state index < -0.39 is 0 Å². The molecule has 2 aromatic rings. The van der Waals surface area contributed by atoms with Gasteiger partial charge in [0.1, 0.15) is 17.1 Å². The fourth-order valence-electron chi connectivity index (χ4n) is 3.62. The van der Waals surface area contributed by atoms with E-state index in [9.17, 15) is 4.79 Å². The molecular formula is C19H27N5O2. The van der Waals surface area contributed by atoms with Crippen LogP contribution in [-0.2, 0) is 6.42 Å². The fourth-order valence-corrected chi connectivity index (χ4v) is 3.62. The lowest BCUT2D eigenvalue weighted by Gasteiger charge is -2.33. The number of carbonyl (C=O) groups excluding carboxylic acids is 1. The summed E-state index contributed by atoms with van der Waals surface area (Å²) in [7, 11) is 1.85. The number of rotatable bonds is 5. The summed E-state index contributed by atoms with van der Waals surface area (Å²) in [5.74, 6) is 1.98. The predicted octanol–water partition coefficient (Wildman–Crippen LogP) is 3.03. The molecule has 0 spiro atoms. The molecule has 0 radical (unpaired) electrons. The summed E-state index contributed by atoms with van der Waals surface area (Å²) < 4.78 is 5.30. The van der Waals surface area contributed by atoms with Gasteiger partial charge in [-0.25, -0.2) is 4.98 Å². The molecule has 1 atom stereocenters. The van der Waals surface area contributed by atoms with E-state index in [2.05, 4.69) is 20.4 Å². The average molecular weight is 357 g/mol. The first-order valence-corrected chi connectivity index (χ1v) is 9.24. The summed E-state index contributed by atoms with van der Waals surface area (Å²) in [6.45, 7) is 7.37. The van der Waals surface area contributed by atoms with Gasteiger partial charge in [0.15, 0.2) is 0 Å². The zero-order chi connectivity index (χ0) is 18.7. The molecule has 1 saturated heterocycles. The number of aromatic nitrogens is 3. The van der Waals surface area contributed by atoms with E-state index in [0.29, 0.717) is 17.2 Å². The highest BCUT2D eigenvalue weighted by molar-refractivity contribution is 5.96. The number of nitrogens with zero attached hydrogens (tertiary/aromatic N) is 4. The first-order chi connectivity index (χ1) is 12.5. The zero-order valence-corrected chi connectivity index (χ0v) is 16.0. The highest BCUT2D eigenvalue weighted by atomic mass is 16.5. The van der Waals surface area contributed by atoms with Crippen LogP contribution in [0.25, 0.3) is 0 Å². The van der Waals surface area contributed by atoms with Gasteiger partial charge in [0.25, 0.3) is 5.91 Å². The van der Waals surface area contributed by atoms with Crippen molar-refractivity contribution < 1.29 is 9.32 Å². The van der Waals surface area contributed by atoms with Crippen LogP contribution in [0.5, 0.6) is 0 Å². The Hall–Kier alpha value is -2.44. The van der Waals surface area contributed by atoms with E-state index in [-0.39, 0.29) is 11.8 Å². The van der Waals surface area contributed by atoms with Crippen molar-refractivity contribution in [2.45, 2.75) is 46.0 Å². The fraction of sp³-hybridized carbons (Fsp3) is 0.579. The molecule has 1 aliphatic heterocycles. The van der Waals surface area contributed by atoms with Crippen LogP contribution in [0.4, 0.5) is 5.82 Å². The second-order valence-corrected chi connectivity index (χ2v) is 7.22. The molecule has 3 heterocycles. The first-order valence-electron chi connectivity index (χ1n) is 9.24. The standard InChI is InChI=1S/C19H27N5O2/c1-12(2)17-16(13(3)26-23-17)19(25)24-9-5-6-14(11-24)10-15-18(20-4)22-8-7-21-15/h7-8,12,14H,5-6,9-11H2,1-4H3,(H,20,22). The molecule has 7 nitrogen and oxygen atoms in total. The minimum Gasteiger partial charge on any atom is -0.372 e. The summed E-state index contributed by atoms with van der Waals surface area (Å²) in [5, 5.41) is 7.19. The van der Waals surface area contributed by atoms with Crippen LogP contribution < -0.4 is 5.32 Å². The Kier molecular flexibility index (Phi) is 5.54. The number of aryl methyl sites for hydroxylation is 1. The third kappa shape index (κ3) is 3.71. The number of carbonyl (C=O) groups is 1. The van der Waals surface area contributed by atoms with Crippen LogP contribution in [-0.4, -0.2) is 46.1 Å². The van der Waals surface area contributed by atoms with Crippen molar-refractivity contribution in [1.29, 1.82) is 0 Å². The third-order valence-electron chi connectivity index (χ3n) is 4.95. The Morgan fingerprint density at radius 1 is 1.38 bits per heavy atom. The van der Waals surface area contributed by atoms with Gasteiger partial charge in [0.05, 0.1) is 11.4 Å². The van der Waals surface area contributed by atoms with Crippen molar-refractivity contribution in [1.82, 2.24) is 20.0 Å². The number of amides is 1. The van der Waals surface area contributed by atoms with Crippen molar-refractivity contribution >= 4 is 11.7 Å². The minimum absolute atomic E-state index is 0.0325. The van der Waals surface area contributed by atoms with Crippen LogP contribution in [0.15, 0.2) is 16.9 Å². The van der Waals surface area contributed by atoms with Crippen LogP contribution >= 0.6 is 0 Å². The number of nitrogens with one attached hydrogen (secondary N) is 1. The zero-order valence-electron chi connectivity index (χ0n) is 16.0. The maximum Gasteiger partial charge on any atom is 0.259 e. The number of hydrogen-bond donors (Lipinski definition) is 1. The van der Waals surface area contributed by atoms with Gasteiger partial charge in [-0.15, -0.1) is 0 Å². The topological polar surface area (TPSA) is 84.2 Å². The molecule has 1 unspecified atom stereocenters. The number of anilines is 1. The molecule has 0 bridgehead atoms. The van der Waals surface area contributed by atoms with Gasteiger partial charge >= 0.3 is 0 Å². The Labute approximate surface area is 154 Å². The average Bonchev–Trinajstić information content (AvgIpc) is 3.03. The third-order valence-corrected chi connectivity index (χ3v) is 4.95. The van der Waals surface area contributed by atoms with Gasteiger partial charge < -0.3 is 14.7 Å². The quantitative estimate of drug-likeness (QED) is 0.885. The lowest BCUT2D eigenvalue weighted by molar-refractivity contribution is 0.0669. The monoisotopic (exact) mass is 357 g/mol. The van der Waals surface area contributed by atoms with Crippen molar-refractivity contribution in [2.24, 2.45) is 5.92 Å². The lowest BCUT2D eigenvalue weighted by atomic mass is 9.92. The second-order valence-electron chi connectivity index (χ2n) is 7.22. The van der Waals surface area contributed by atoms with Crippen molar-refractivity contribution in [3.8, 4) is 0 Å². The summed E-state index contributed by atoms with van der Waals surface area (Å²) in [5.41, 5.74) is 2.34. The molecule has 1 N–H and O–H groups in total. The molecule has 1 aliphatic rings. The number of piperidine rings is 1. The maximum absolute atomic E-state index is 13.1. The van der Waals surface area contributed by atoms with Crippen LogP contribution in [0.2, 0.25) is 0 Å². The summed E-state index contributed by atoms with van der Waals surface area (Å²) >= 11 is 0. The molecule has 0 saturated carbocycles. The van der Waals surface area contributed by atoms with Crippen LogP contribution in [0.1, 0.15) is 60.1 Å². The summed E-state index contributed by atoms with van der Waals surface area (Å²) in [6, 6.07) is 0. The Balaban J connectivity index is 1.74. The van der Waals surface area contributed by atoms with Crippen LogP contribution in [0.3, 0.4) is 0 Å². The molecule has 0 aromatic carbocycles. The van der Waals surface area contributed by atoms with Crippen molar-refractivity contribution in [2.75, 3.05) is 25.5 Å². The maximum atomic E-state index is 13.1. The summed E-state index contributed by atoms with van der Waals surface area (Å²) in [6.07, 6.45) is 6.30. The van der Waals surface area contributed by atoms with E-state index in [1.165, 1.54) is 0 Å². The van der Waals surface area contributed by atoms with E-state index in [1.807, 2.05) is 32.7 Å². The van der Waals surface area contributed by atoms with Crippen molar-refractivity contribution in [3.05, 3.63) is 35.1 Å². The largest absolute Gasteiger partial charge is 0.372 e. The molecule has 0 aliphatic carbocycles. The van der Waals surface area contributed by atoms with Gasteiger partial charge in [0, 0.05) is 32.5 Å².